The molecule has 0 radical (unpaired) electrons. The minimum Gasteiger partial charge on any atom is -0.462 e. The molecule has 0 aromatic rings. The summed E-state index contributed by atoms with van der Waals surface area (Å²) >= 11 is 0. The Labute approximate surface area is 274 Å². The summed E-state index contributed by atoms with van der Waals surface area (Å²) in [7, 11) is 0. The molecule has 0 aliphatic heterocycles. The first-order chi connectivity index (χ1) is 21.6. The third-order valence-corrected chi connectivity index (χ3v) is 8.47. The van der Waals surface area contributed by atoms with Crippen LogP contribution >= 0.6 is 0 Å². The van der Waals surface area contributed by atoms with E-state index in [1.807, 2.05) is 6.92 Å². The quantitative estimate of drug-likeness (QED) is 0.0409. The molecule has 0 fully saturated rings. The summed E-state index contributed by atoms with van der Waals surface area (Å²) in [5.41, 5.74) is 0. The second-order valence-corrected chi connectivity index (χ2v) is 12.9. The van der Waals surface area contributed by atoms with Crippen molar-refractivity contribution in [2.75, 3.05) is 6.61 Å². The second-order valence-electron chi connectivity index (χ2n) is 12.9. The molecule has 0 aromatic heterocycles. The van der Waals surface area contributed by atoms with Gasteiger partial charge in [-0.05, 0) is 70.6 Å². The van der Waals surface area contributed by atoms with Crippen molar-refractivity contribution in [1.82, 2.24) is 0 Å². The first-order valence-corrected chi connectivity index (χ1v) is 19.3. The average Bonchev–Trinajstić information content (AvgIpc) is 3.02. The average molecular weight is 619 g/mol. The molecule has 258 valence electrons. The van der Waals surface area contributed by atoms with Gasteiger partial charge in [0, 0.05) is 12.8 Å². The molecule has 0 aliphatic carbocycles. The maximum absolute atomic E-state index is 12.2. The molecule has 0 aliphatic rings. The van der Waals surface area contributed by atoms with Crippen molar-refractivity contribution in [3.05, 3.63) is 24.3 Å². The van der Waals surface area contributed by atoms with E-state index in [0.717, 1.165) is 25.7 Å². The lowest BCUT2D eigenvalue weighted by Gasteiger charge is -2.16. The molecule has 0 rings (SSSR count). The SMILES string of the molecule is CCCCCCCCC=CCCCCCCCC(=O)OCC(CC)OC(=O)CCCCCCCC=CCCCCCCCC. The number of allylic oxidation sites excluding steroid dienone is 4. The Morgan fingerprint density at radius 3 is 1.18 bits per heavy atom. The van der Waals surface area contributed by atoms with E-state index in [9.17, 15) is 9.59 Å². The fourth-order valence-corrected chi connectivity index (χ4v) is 5.42. The molecular weight excluding hydrogens is 544 g/mol. The van der Waals surface area contributed by atoms with Gasteiger partial charge in [-0.25, -0.2) is 0 Å². The molecule has 0 N–H and O–H groups in total. The van der Waals surface area contributed by atoms with Crippen LogP contribution in [0.2, 0.25) is 0 Å². The van der Waals surface area contributed by atoms with Crippen LogP contribution in [0.5, 0.6) is 0 Å². The smallest absolute Gasteiger partial charge is 0.306 e. The number of unbranched alkanes of at least 4 members (excludes halogenated alkanes) is 22. The summed E-state index contributed by atoms with van der Waals surface area (Å²) in [6.07, 6.45) is 43.0. The Kier molecular flexibility index (Phi) is 34.6. The van der Waals surface area contributed by atoms with E-state index in [1.165, 1.54) is 141 Å². The van der Waals surface area contributed by atoms with Crippen molar-refractivity contribution in [2.45, 2.75) is 213 Å². The van der Waals surface area contributed by atoms with E-state index in [4.69, 9.17) is 9.47 Å². The van der Waals surface area contributed by atoms with Crippen LogP contribution < -0.4 is 0 Å². The number of rotatable bonds is 34. The first kappa shape index (κ1) is 42.4. The summed E-state index contributed by atoms with van der Waals surface area (Å²) in [6.45, 7) is 6.68. The zero-order chi connectivity index (χ0) is 32.2. The van der Waals surface area contributed by atoms with Gasteiger partial charge in [-0.2, -0.15) is 0 Å². The molecule has 44 heavy (non-hydrogen) atoms. The minimum absolute atomic E-state index is 0.164. The van der Waals surface area contributed by atoms with Crippen molar-refractivity contribution < 1.29 is 19.1 Å². The van der Waals surface area contributed by atoms with Gasteiger partial charge in [-0.1, -0.05) is 148 Å². The Hall–Kier alpha value is -1.58. The second kappa shape index (κ2) is 35.9. The molecular formula is C40H74O4. The Balaban J connectivity index is 3.58. The highest BCUT2D eigenvalue weighted by Gasteiger charge is 2.15. The number of carbonyl (C=O) groups excluding carboxylic acids is 2. The molecule has 4 nitrogen and oxygen atoms in total. The molecule has 0 spiro atoms. The molecule has 0 aromatic carbocycles. The van der Waals surface area contributed by atoms with Crippen LogP contribution in [0.4, 0.5) is 0 Å². The van der Waals surface area contributed by atoms with Gasteiger partial charge in [-0.3, -0.25) is 9.59 Å². The highest BCUT2D eigenvalue weighted by Crippen LogP contribution is 2.13. The van der Waals surface area contributed by atoms with Crippen molar-refractivity contribution >= 4 is 11.9 Å². The van der Waals surface area contributed by atoms with Crippen molar-refractivity contribution in [2.24, 2.45) is 0 Å². The molecule has 4 heteroatoms. The maximum Gasteiger partial charge on any atom is 0.306 e. The third-order valence-electron chi connectivity index (χ3n) is 8.47. The molecule has 0 amide bonds. The van der Waals surface area contributed by atoms with E-state index in [2.05, 4.69) is 38.2 Å². The third kappa shape index (κ3) is 33.3. The molecule has 0 heterocycles. The molecule has 1 unspecified atom stereocenters. The van der Waals surface area contributed by atoms with Gasteiger partial charge >= 0.3 is 11.9 Å². The highest BCUT2D eigenvalue weighted by atomic mass is 16.6. The lowest BCUT2D eigenvalue weighted by molar-refractivity contribution is -0.159. The van der Waals surface area contributed by atoms with Crippen molar-refractivity contribution in [3.63, 3.8) is 0 Å². The monoisotopic (exact) mass is 619 g/mol. The zero-order valence-electron chi connectivity index (χ0n) is 29.7. The Bertz CT molecular complexity index is 668. The van der Waals surface area contributed by atoms with Crippen LogP contribution in [0.3, 0.4) is 0 Å². The van der Waals surface area contributed by atoms with Gasteiger partial charge in [0.15, 0.2) is 0 Å². The zero-order valence-corrected chi connectivity index (χ0v) is 29.7. The minimum atomic E-state index is -0.330. The lowest BCUT2D eigenvalue weighted by atomic mass is 10.1. The Morgan fingerprint density at radius 2 is 0.795 bits per heavy atom. The van der Waals surface area contributed by atoms with Gasteiger partial charge in [0.1, 0.15) is 12.7 Å². The van der Waals surface area contributed by atoms with E-state index in [0.29, 0.717) is 19.3 Å². The number of hydrogen-bond donors (Lipinski definition) is 0. The largest absolute Gasteiger partial charge is 0.462 e. The summed E-state index contributed by atoms with van der Waals surface area (Å²) in [5.74, 6) is -0.336. The molecule has 0 saturated carbocycles. The number of hydrogen-bond acceptors (Lipinski definition) is 4. The van der Waals surface area contributed by atoms with Gasteiger partial charge in [0.2, 0.25) is 0 Å². The molecule has 0 saturated heterocycles. The van der Waals surface area contributed by atoms with E-state index < -0.39 is 0 Å². The number of carbonyl (C=O) groups is 2. The van der Waals surface area contributed by atoms with E-state index >= 15 is 0 Å². The standard InChI is InChI=1S/C40H74O4/c1-4-7-9-11-13-15-17-19-21-23-25-27-29-31-33-35-39(41)43-37-38(6-3)44-40(42)36-34-32-30-28-26-24-22-20-18-16-14-12-10-8-5-2/h19-22,38H,4-18,23-37H2,1-3H3. The summed E-state index contributed by atoms with van der Waals surface area (Å²) in [6, 6.07) is 0. The predicted octanol–water partition coefficient (Wildman–Crippen LogP) is 12.9. The Morgan fingerprint density at radius 1 is 0.455 bits per heavy atom. The van der Waals surface area contributed by atoms with Crippen LogP contribution in [0.1, 0.15) is 207 Å². The topological polar surface area (TPSA) is 52.6 Å². The summed E-state index contributed by atoms with van der Waals surface area (Å²) in [5, 5.41) is 0. The summed E-state index contributed by atoms with van der Waals surface area (Å²) in [4.78, 5) is 24.4. The van der Waals surface area contributed by atoms with E-state index in [-0.39, 0.29) is 24.6 Å². The van der Waals surface area contributed by atoms with Gasteiger partial charge < -0.3 is 9.47 Å². The van der Waals surface area contributed by atoms with Gasteiger partial charge in [0.05, 0.1) is 0 Å². The van der Waals surface area contributed by atoms with Crippen LogP contribution in [-0.4, -0.2) is 24.6 Å². The fourth-order valence-electron chi connectivity index (χ4n) is 5.42. The number of esters is 2. The van der Waals surface area contributed by atoms with Gasteiger partial charge in [-0.15, -0.1) is 0 Å². The number of ether oxygens (including phenoxy) is 2. The lowest BCUT2D eigenvalue weighted by Crippen LogP contribution is -2.24. The van der Waals surface area contributed by atoms with Crippen LogP contribution in [-0.2, 0) is 19.1 Å². The normalized spacial score (nSPS) is 12.3. The first-order valence-electron chi connectivity index (χ1n) is 19.3. The highest BCUT2D eigenvalue weighted by molar-refractivity contribution is 5.70. The van der Waals surface area contributed by atoms with Gasteiger partial charge in [0.25, 0.3) is 0 Å². The van der Waals surface area contributed by atoms with Crippen LogP contribution in [0.25, 0.3) is 0 Å². The van der Waals surface area contributed by atoms with Crippen LogP contribution in [0, 0.1) is 0 Å². The molecule has 0 bridgehead atoms. The molecule has 1 atom stereocenters. The maximum atomic E-state index is 12.2. The fraction of sp³-hybridized carbons (Fsp3) is 0.850. The van der Waals surface area contributed by atoms with Crippen molar-refractivity contribution in [3.8, 4) is 0 Å². The van der Waals surface area contributed by atoms with Crippen LogP contribution in [0.15, 0.2) is 24.3 Å². The van der Waals surface area contributed by atoms with E-state index in [1.54, 1.807) is 0 Å². The summed E-state index contributed by atoms with van der Waals surface area (Å²) < 4.78 is 11.0. The van der Waals surface area contributed by atoms with Crippen molar-refractivity contribution in [1.29, 1.82) is 0 Å². The predicted molar refractivity (Wildman–Crippen MR) is 190 cm³/mol.